The number of carbonyl (C=O) groups is 4. The predicted molar refractivity (Wildman–Crippen MR) is 96.9 cm³/mol. The summed E-state index contributed by atoms with van der Waals surface area (Å²) in [6, 6.07) is 5.08. The van der Waals surface area contributed by atoms with Gasteiger partial charge in [-0.15, -0.1) is 0 Å². The first-order valence-electron chi connectivity index (χ1n) is 9.27. The van der Waals surface area contributed by atoms with Crippen molar-refractivity contribution in [2.75, 3.05) is 24.5 Å². The Morgan fingerprint density at radius 1 is 1.22 bits per heavy atom. The van der Waals surface area contributed by atoms with Crippen molar-refractivity contribution in [2.24, 2.45) is 5.92 Å². The monoisotopic (exact) mass is 370 g/mol. The second kappa shape index (κ2) is 7.02. The Balaban J connectivity index is 1.54. The molecule has 142 valence electrons. The van der Waals surface area contributed by atoms with Gasteiger partial charge in [-0.05, 0) is 30.9 Å². The van der Waals surface area contributed by atoms with Crippen LogP contribution in [0.4, 0.5) is 5.69 Å². The van der Waals surface area contributed by atoms with Crippen LogP contribution in [0.15, 0.2) is 18.2 Å². The summed E-state index contributed by atoms with van der Waals surface area (Å²) >= 11 is 0. The SMILES string of the molecule is O=CNCC1CCN(c2cccc3c2CN(C2CCC(=O)NC2=O)C3=O)C1. The van der Waals surface area contributed by atoms with Gasteiger partial charge in [-0.25, -0.2) is 0 Å². The van der Waals surface area contributed by atoms with Gasteiger partial charge >= 0.3 is 0 Å². The highest BCUT2D eigenvalue weighted by Crippen LogP contribution is 2.36. The summed E-state index contributed by atoms with van der Waals surface area (Å²) in [4.78, 5) is 50.8. The molecule has 0 radical (unpaired) electrons. The number of nitrogens with zero attached hydrogens (tertiary/aromatic N) is 2. The van der Waals surface area contributed by atoms with E-state index in [0.717, 1.165) is 37.2 Å². The third-order valence-corrected chi connectivity index (χ3v) is 5.67. The molecule has 4 rings (SSSR count). The van der Waals surface area contributed by atoms with Gasteiger partial charge in [-0.3, -0.25) is 24.5 Å². The molecule has 2 fully saturated rings. The van der Waals surface area contributed by atoms with E-state index in [4.69, 9.17) is 0 Å². The molecule has 3 aliphatic rings. The van der Waals surface area contributed by atoms with E-state index in [0.29, 0.717) is 31.0 Å². The third-order valence-electron chi connectivity index (χ3n) is 5.67. The summed E-state index contributed by atoms with van der Waals surface area (Å²) < 4.78 is 0. The van der Waals surface area contributed by atoms with Gasteiger partial charge in [-0.2, -0.15) is 0 Å². The quantitative estimate of drug-likeness (QED) is 0.562. The Kier molecular flexibility index (Phi) is 4.55. The first kappa shape index (κ1) is 17.5. The number of hydrogen-bond acceptors (Lipinski definition) is 5. The Hall–Kier alpha value is -2.90. The van der Waals surface area contributed by atoms with Crippen LogP contribution in [-0.4, -0.2) is 54.7 Å². The van der Waals surface area contributed by atoms with Gasteiger partial charge in [0.1, 0.15) is 6.04 Å². The molecule has 27 heavy (non-hydrogen) atoms. The Morgan fingerprint density at radius 2 is 2.07 bits per heavy atom. The molecular weight excluding hydrogens is 348 g/mol. The van der Waals surface area contributed by atoms with Crippen molar-refractivity contribution >= 4 is 29.8 Å². The van der Waals surface area contributed by atoms with E-state index in [9.17, 15) is 19.2 Å². The van der Waals surface area contributed by atoms with Crippen molar-refractivity contribution in [3.8, 4) is 0 Å². The van der Waals surface area contributed by atoms with Crippen LogP contribution in [0.1, 0.15) is 35.2 Å². The summed E-state index contributed by atoms with van der Waals surface area (Å²) in [5, 5.41) is 5.07. The summed E-state index contributed by atoms with van der Waals surface area (Å²) in [5.74, 6) is -0.447. The van der Waals surface area contributed by atoms with Crippen molar-refractivity contribution in [2.45, 2.75) is 31.8 Å². The molecule has 2 unspecified atom stereocenters. The summed E-state index contributed by atoms with van der Waals surface area (Å²) in [6.07, 6.45) is 2.32. The van der Waals surface area contributed by atoms with Gasteiger partial charge in [0.25, 0.3) is 5.91 Å². The smallest absolute Gasteiger partial charge is 0.255 e. The van der Waals surface area contributed by atoms with Gasteiger partial charge in [0.05, 0.1) is 0 Å². The maximum atomic E-state index is 12.9. The fraction of sp³-hybridized carbons (Fsp3) is 0.474. The topological polar surface area (TPSA) is 98.8 Å². The number of piperidine rings is 1. The van der Waals surface area contributed by atoms with Crippen LogP contribution >= 0.6 is 0 Å². The second-order valence-electron chi connectivity index (χ2n) is 7.33. The molecule has 0 aromatic heterocycles. The van der Waals surface area contributed by atoms with Crippen LogP contribution in [-0.2, 0) is 20.9 Å². The molecule has 2 saturated heterocycles. The minimum atomic E-state index is -0.599. The number of nitrogens with one attached hydrogen (secondary N) is 2. The van der Waals surface area contributed by atoms with E-state index >= 15 is 0 Å². The molecule has 0 aliphatic carbocycles. The van der Waals surface area contributed by atoms with Crippen molar-refractivity contribution in [1.82, 2.24) is 15.5 Å². The zero-order valence-corrected chi connectivity index (χ0v) is 14.9. The highest BCUT2D eigenvalue weighted by molar-refractivity contribution is 6.06. The molecule has 2 atom stereocenters. The minimum absolute atomic E-state index is 0.153. The van der Waals surface area contributed by atoms with E-state index in [1.807, 2.05) is 12.1 Å². The lowest BCUT2D eigenvalue weighted by atomic mass is 10.0. The first-order valence-corrected chi connectivity index (χ1v) is 9.27. The van der Waals surface area contributed by atoms with Crippen molar-refractivity contribution < 1.29 is 19.2 Å². The van der Waals surface area contributed by atoms with Crippen molar-refractivity contribution in [3.63, 3.8) is 0 Å². The number of rotatable bonds is 5. The lowest BCUT2D eigenvalue weighted by Gasteiger charge is -2.29. The molecule has 2 N–H and O–H groups in total. The zero-order chi connectivity index (χ0) is 19.0. The molecule has 3 aliphatic heterocycles. The molecule has 8 heteroatoms. The first-order chi connectivity index (χ1) is 13.1. The molecule has 1 aromatic rings. The number of anilines is 1. The lowest BCUT2D eigenvalue weighted by molar-refractivity contribution is -0.136. The highest BCUT2D eigenvalue weighted by atomic mass is 16.2. The molecular formula is C19H22N4O4. The van der Waals surface area contributed by atoms with E-state index in [-0.39, 0.29) is 18.2 Å². The van der Waals surface area contributed by atoms with Crippen LogP contribution in [0.5, 0.6) is 0 Å². The molecule has 8 nitrogen and oxygen atoms in total. The number of imide groups is 1. The Bertz CT molecular complexity index is 809. The largest absolute Gasteiger partial charge is 0.371 e. The standard InChI is InChI=1S/C19H22N4O4/c24-11-20-8-12-6-7-22(9-12)15-3-1-2-13-14(15)10-23(19(13)27)16-4-5-17(25)21-18(16)26/h1-3,11-12,16H,4-10H2,(H,20,24)(H,21,25,26). The van der Waals surface area contributed by atoms with E-state index in [1.54, 1.807) is 11.0 Å². The lowest BCUT2D eigenvalue weighted by Crippen LogP contribution is -2.52. The fourth-order valence-corrected chi connectivity index (χ4v) is 4.30. The zero-order valence-electron chi connectivity index (χ0n) is 14.9. The Labute approximate surface area is 156 Å². The normalized spacial score (nSPS) is 24.8. The number of hydrogen-bond donors (Lipinski definition) is 2. The number of carbonyl (C=O) groups excluding carboxylic acids is 4. The minimum Gasteiger partial charge on any atom is -0.371 e. The maximum absolute atomic E-state index is 12.9. The van der Waals surface area contributed by atoms with Crippen LogP contribution in [0.25, 0.3) is 0 Å². The molecule has 3 heterocycles. The molecule has 1 aromatic carbocycles. The molecule has 0 spiro atoms. The van der Waals surface area contributed by atoms with Gasteiger partial charge < -0.3 is 15.1 Å². The van der Waals surface area contributed by atoms with Gasteiger partial charge in [0, 0.05) is 49.4 Å². The maximum Gasteiger partial charge on any atom is 0.255 e. The van der Waals surface area contributed by atoms with Gasteiger partial charge in [-0.1, -0.05) is 6.07 Å². The average molecular weight is 370 g/mol. The third kappa shape index (κ3) is 3.15. The summed E-state index contributed by atoms with van der Waals surface area (Å²) in [7, 11) is 0. The van der Waals surface area contributed by atoms with Crippen molar-refractivity contribution in [1.29, 1.82) is 0 Å². The molecule has 0 saturated carbocycles. The van der Waals surface area contributed by atoms with Gasteiger partial charge in [0.15, 0.2) is 0 Å². The summed E-state index contributed by atoms with van der Waals surface area (Å²) in [6.45, 7) is 2.72. The van der Waals surface area contributed by atoms with E-state index in [2.05, 4.69) is 15.5 Å². The van der Waals surface area contributed by atoms with Crippen LogP contribution in [0, 0.1) is 5.92 Å². The van der Waals surface area contributed by atoms with Crippen molar-refractivity contribution in [3.05, 3.63) is 29.3 Å². The fourth-order valence-electron chi connectivity index (χ4n) is 4.30. The average Bonchev–Trinajstić information content (AvgIpc) is 3.25. The number of fused-ring (bicyclic) bond motifs is 1. The van der Waals surface area contributed by atoms with E-state index < -0.39 is 11.9 Å². The van der Waals surface area contributed by atoms with Crippen LogP contribution in [0.2, 0.25) is 0 Å². The van der Waals surface area contributed by atoms with Gasteiger partial charge in [0.2, 0.25) is 18.2 Å². The number of amides is 4. The van der Waals surface area contributed by atoms with Crippen LogP contribution < -0.4 is 15.5 Å². The summed E-state index contributed by atoms with van der Waals surface area (Å²) in [5.41, 5.74) is 2.59. The molecule has 0 bridgehead atoms. The molecule has 4 amide bonds. The van der Waals surface area contributed by atoms with Crippen LogP contribution in [0.3, 0.4) is 0 Å². The highest BCUT2D eigenvalue weighted by Gasteiger charge is 2.40. The second-order valence-corrected chi connectivity index (χ2v) is 7.33. The predicted octanol–water partition coefficient (Wildman–Crippen LogP) is 0.0199. The number of benzene rings is 1. The van der Waals surface area contributed by atoms with E-state index in [1.165, 1.54) is 0 Å². The Morgan fingerprint density at radius 3 is 2.85 bits per heavy atom.